The summed E-state index contributed by atoms with van der Waals surface area (Å²) in [6, 6.07) is 13.3. The number of carbonyl (C=O) groups is 1. The molecule has 1 aliphatic carbocycles. The minimum absolute atomic E-state index is 0.0310. The molecule has 0 unspecified atom stereocenters. The molecule has 0 aliphatic heterocycles. The van der Waals surface area contributed by atoms with Crippen LogP contribution in [0.4, 0.5) is 0 Å². The second kappa shape index (κ2) is 6.89. The molecular formula is C21H22N4O2. The van der Waals surface area contributed by atoms with E-state index in [-0.39, 0.29) is 17.2 Å². The van der Waals surface area contributed by atoms with Crippen molar-refractivity contribution in [1.29, 1.82) is 0 Å². The van der Waals surface area contributed by atoms with Crippen LogP contribution in [0.15, 0.2) is 42.5 Å². The predicted octanol–water partition coefficient (Wildman–Crippen LogP) is 2.64. The zero-order chi connectivity index (χ0) is 19.0. The van der Waals surface area contributed by atoms with Crippen LogP contribution in [-0.4, -0.2) is 53.3 Å². The van der Waals surface area contributed by atoms with E-state index in [1.165, 1.54) is 11.1 Å². The minimum atomic E-state index is -0.285. The maximum Gasteiger partial charge on any atom is 0.255 e. The van der Waals surface area contributed by atoms with Gasteiger partial charge in [-0.1, -0.05) is 24.3 Å². The maximum atomic E-state index is 12.5. The summed E-state index contributed by atoms with van der Waals surface area (Å²) in [4.78, 5) is 14.5. The van der Waals surface area contributed by atoms with Crippen LogP contribution < -0.4 is 5.32 Å². The van der Waals surface area contributed by atoms with E-state index >= 15 is 0 Å². The van der Waals surface area contributed by atoms with E-state index in [1.54, 1.807) is 18.2 Å². The number of carbonyl (C=O) groups excluding carboxylic acids is 1. The van der Waals surface area contributed by atoms with Gasteiger partial charge >= 0.3 is 0 Å². The minimum Gasteiger partial charge on any atom is -0.507 e. The second-order valence-electron chi connectivity index (χ2n) is 7.05. The van der Waals surface area contributed by atoms with Crippen molar-refractivity contribution in [3.05, 3.63) is 59.2 Å². The Kier molecular flexibility index (Phi) is 4.41. The molecular weight excluding hydrogens is 340 g/mol. The highest BCUT2D eigenvalue weighted by molar-refractivity contribution is 5.98. The Morgan fingerprint density at radius 1 is 1.26 bits per heavy atom. The smallest absolute Gasteiger partial charge is 0.255 e. The number of fused-ring (bicyclic) bond motifs is 3. The van der Waals surface area contributed by atoms with Crippen LogP contribution in [0.1, 0.15) is 21.5 Å². The molecule has 4 rings (SSSR count). The Morgan fingerprint density at radius 3 is 2.89 bits per heavy atom. The van der Waals surface area contributed by atoms with Gasteiger partial charge in [-0.3, -0.25) is 9.89 Å². The molecule has 3 aromatic rings. The van der Waals surface area contributed by atoms with Gasteiger partial charge in [0.15, 0.2) is 0 Å². The zero-order valence-corrected chi connectivity index (χ0v) is 15.4. The molecule has 27 heavy (non-hydrogen) atoms. The zero-order valence-electron chi connectivity index (χ0n) is 15.4. The van der Waals surface area contributed by atoms with Gasteiger partial charge < -0.3 is 15.3 Å². The van der Waals surface area contributed by atoms with E-state index in [9.17, 15) is 9.90 Å². The number of amides is 1. The van der Waals surface area contributed by atoms with Gasteiger partial charge in [-0.05, 0) is 37.9 Å². The average molecular weight is 362 g/mol. The number of nitrogens with zero attached hydrogens (tertiary/aromatic N) is 2. The number of phenols is 1. The normalized spacial score (nSPS) is 12.1. The number of hydrogen-bond donors (Lipinski definition) is 3. The molecule has 0 bridgehead atoms. The van der Waals surface area contributed by atoms with Crippen molar-refractivity contribution in [3.63, 3.8) is 0 Å². The number of rotatable bonds is 5. The third-order valence-corrected chi connectivity index (χ3v) is 4.88. The third kappa shape index (κ3) is 3.19. The summed E-state index contributed by atoms with van der Waals surface area (Å²) in [5.74, 6) is -0.316. The summed E-state index contributed by atoms with van der Waals surface area (Å²) in [6.45, 7) is 1.25. The van der Waals surface area contributed by atoms with Crippen molar-refractivity contribution in [2.75, 3.05) is 27.2 Å². The Balaban J connectivity index is 1.63. The molecule has 2 aromatic carbocycles. The van der Waals surface area contributed by atoms with E-state index in [0.717, 1.165) is 35.5 Å². The summed E-state index contributed by atoms with van der Waals surface area (Å²) in [5.41, 5.74) is 6.50. The SMILES string of the molecule is CN(C)CCNC(=O)c1cc(-c2n[nH]c3c2Cc2ccccc2-3)ccc1O. The van der Waals surface area contributed by atoms with Crippen LogP contribution >= 0.6 is 0 Å². The molecule has 0 spiro atoms. The molecule has 1 aliphatic rings. The van der Waals surface area contributed by atoms with Crippen LogP contribution in [-0.2, 0) is 6.42 Å². The van der Waals surface area contributed by atoms with Crippen molar-refractivity contribution in [2.45, 2.75) is 6.42 Å². The van der Waals surface area contributed by atoms with Gasteiger partial charge in [0, 0.05) is 36.2 Å². The monoisotopic (exact) mass is 362 g/mol. The molecule has 1 heterocycles. The Bertz CT molecular complexity index is 1010. The number of aromatic nitrogens is 2. The van der Waals surface area contributed by atoms with E-state index in [4.69, 9.17) is 0 Å². The van der Waals surface area contributed by atoms with Crippen molar-refractivity contribution >= 4 is 5.91 Å². The maximum absolute atomic E-state index is 12.5. The molecule has 0 radical (unpaired) electrons. The van der Waals surface area contributed by atoms with Gasteiger partial charge in [-0.2, -0.15) is 5.10 Å². The molecule has 6 heteroatoms. The standard InChI is InChI=1S/C21H22N4O2/c1-25(2)10-9-22-21(27)16-12-14(7-8-18(16)26)19-17-11-13-5-3-4-6-15(13)20(17)24-23-19/h3-8,12,26H,9-11H2,1-2H3,(H,22,27)(H,23,24). The van der Waals surface area contributed by atoms with Crippen molar-refractivity contribution in [3.8, 4) is 28.3 Å². The first kappa shape index (κ1) is 17.3. The van der Waals surface area contributed by atoms with Gasteiger partial charge in [0.2, 0.25) is 0 Å². The summed E-state index contributed by atoms with van der Waals surface area (Å²) >= 11 is 0. The third-order valence-electron chi connectivity index (χ3n) is 4.88. The number of hydrogen-bond acceptors (Lipinski definition) is 4. The number of phenolic OH excluding ortho intramolecular Hbond substituents is 1. The fourth-order valence-corrected chi connectivity index (χ4v) is 3.46. The molecule has 3 N–H and O–H groups in total. The Hall–Kier alpha value is -3.12. The van der Waals surface area contributed by atoms with E-state index in [0.29, 0.717) is 6.54 Å². The van der Waals surface area contributed by atoms with E-state index in [2.05, 4.69) is 27.6 Å². The van der Waals surface area contributed by atoms with E-state index < -0.39 is 0 Å². The molecule has 1 aromatic heterocycles. The molecule has 1 amide bonds. The molecule has 138 valence electrons. The van der Waals surface area contributed by atoms with Crippen molar-refractivity contribution < 1.29 is 9.90 Å². The van der Waals surface area contributed by atoms with Crippen LogP contribution in [0.2, 0.25) is 0 Å². The Labute approximate surface area is 157 Å². The number of aromatic amines is 1. The highest BCUT2D eigenvalue weighted by Gasteiger charge is 2.25. The van der Waals surface area contributed by atoms with Gasteiger partial charge in [-0.15, -0.1) is 0 Å². The number of H-pyrrole nitrogens is 1. The summed E-state index contributed by atoms with van der Waals surface area (Å²) in [5, 5.41) is 20.6. The second-order valence-corrected chi connectivity index (χ2v) is 7.05. The molecule has 0 saturated heterocycles. The highest BCUT2D eigenvalue weighted by atomic mass is 16.3. The predicted molar refractivity (Wildman–Crippen MR) is 105 cm³/mol. The summed E-state index contributed by atoms with van der Waals surface area (Å²) < 4.78 is 0. The fraction of sp³-hybridized carbons (Fsp3) is 0.238. The van der Waals surface area contributed by atoms with Crippen LogP contribution in [0.25, 0.3) is 22.5 Å². The van der Waals surface area contributed by atoms with Gasteiger partial charge in [-0.25, -0.2) is 0 Å². The van der Waals surface area contributed by atoms with Crippen molar-refractivity contribution in [2.24, 2.45) is 0 Å². The molecule has 6 nitrogen and oxygen atoms in total. The topological polar surface area (TPSA) is 81.2 Å². The Morgan fingerprint density at radius 2 is 2.07 bits per heavy atom. The van der Waals surface area contributed by atoms with Gasteiger partial charge in [0.25, 0.3) is 5.91 Å². The molecule has 0 fully saturated rings. The summed E-state index contributed by atoms with van der Waals surface area (Å²) in [6.07, 6.45) is 0.808. The van der Waals surface area contributed by atoms with Crippen molar-refractivity contribution in [1.82, 2.24) is 20.4 Å². The lowest BCUT2D eigenvalue weighted by molar-refractivity contribution is 0.0948. The largest absolute Gasteiger partial charge is 0.507 e. The number of benzene rings is 2. The lowest BCUT2D eigenvalue weighted by Gasteiger charge is -2.11. The van der Waals surface area contributed by atoms with E-state index in [1.807, 2.05) is 31.1 Å². The van der Waals surface area contributed by atoms with Gasteiger partial charge in [0.05, 0.1) is 17.0 Å². The number of aromatic hydroxyl groups is 1. The molecule has 0 saturated carbocycles. The molecule has 0 atom stereocenters. The first-order valence-corrected chi connectivity index (χ1v) is 8.96. The average Bonchev–Trinajstić information content (AvgIpc) is 3.21. The fourth-order valence-electron chi connectivity index (χ4n) is 3.46. The number of nitrogens with one attached hydrogen (secondary N) is 2. The number of likely N-dealkylation sites (N-methyl/N-ethyl adjacent to an activating group) is 1. The lowest BCUT2D eigenvalue weighted by Crippen LogP contribution is -2.31. The van der Waals surface area contributed by atoms with Crippen LogP contribution in [0.3, 0.4) is 0 Å². The summed E-state index contributed by atoms with van der Waals surface area (Å²) in [7, 11) is 3.89. The first-order chi connectivity index (χ1) is 13.0. The quantitative estimate of drug-likeness (QED) is 0.510. The lowest BCUT2D eigenvalue weighted by atomic mass is 10.0. The first-order valence-electron chi connectivity index (χ1n) is 8.96. The highest BCUT2D eigenvalue weighted by Crippen LogP contribution is 2.40. The van der Waals surface area contributed by atoms with Crippen LogP contribution in [0, 0.1) is 0 Å². The van der Waals surface area contributed by atoms with Crippen LogP contribution in [0.5, 0.6) is 5.75 Å². The van der Waals surface area contributed by atoms with Gasteiger partial charge in [0.1, 0.15) is 5.75 Å².